The van der Waals surface area contributed by atoms with Crippen molar-refractivity contribution >= 4 is 5.78 Å². The summed E-state index contributed by atoms with van der Waals surface area (Å²) < 4.78 is 0. The highest BCUT2D eigenvalue weighted by Crippen LogP contribution is 2.31. The van der Waals surface area contributed by atoms with Crippen LogP contribution in [0.4, 0.5) is 0 Å². The highest BCUT2D eigenvalue weighted by molar-refractivity contribution is 5.78. The van der Waals surface area contributed by atoms with E-state index >= 15 is 0 Å². The zero-order valence-electron chi connectivity index (χ0n) is 14.0. The molecule has 0 saturated heterocycles. The minimum absolute atomic E-state index is 0.488. The molecular formula is C18H36O. The van der Waals surface area contributed by atoms with E-state index in [0.717, 1.165) is 25.2 Å². The van der Waals surface area contributed by atoms with E-state index in [1.807, 2.05) is 6.92 Å². The van der Waals surface area contributed by atoms with Crippen molar-refractivity contribution in [2.75, 3.05) is 0 Å². The first-order chi connectivity index (χ1) is 9.05. The molecule has 19 heavy (non-hydrogen) atoms. The summed E-state index contributed by atoms with van der Waals surface area (Å²) in [6.07, 6.45) is 11.0. The SMILES string of the molecule is C=CC.CCC.CCCC(=O)CC1CCCC(C)C1. The van der Waals surface area contributed by atoms with Crippen molar-refractivity contribution in [3.63, 3.8) is 0 Å². The van der Waals surface area contributed by atoms with Crippen molar-refractivity contribution in [1.82, 2.24) is 0 Å². The number of carbonyl (C=O) groups is 1. The van der Waals surface area contributed by atoms with Crippen LogP contribution in [0.25, 0.3) is 0 Å². The fraction of sp³-hybridized carbons (Fsp3) is 0.833. The fourth-order valence-electron chi connectivity index (χ4n) is 2.45. The van der Waals surface area contributed by atoms with Gasteiger partial charge in [0.25, 0.3) is 0 Å². The summed E-state index contributed by atoms with van der Waals surface area (Å²) in [6.45, 7) is 13.9. The van der Waals surface area contributed by atoms with Gasteiger partial charge in [0.1, 0.15) is 5.78 Å². The first kappa shape index (κ1) is 20.7. The van der Waals surface area contributed by atoms with Gasteiger partial charge < -0.3 is 0 Å². The quantitative estimate of drug-likeness (QED) is 0.556. The summed E-state index contributed by atoms with van der Waals surface area (Å²) in [5, 5.41) is 0. The van der Waals surface area contributed by atoms with Crippen LogP contribution < -0.4 is 0 Å². The summed E-state index contributed by atoms with van der Waals surface area (Å²) in [7, 11) is 0. The zero-order chi connectivity index (χ0) is 15.1. The molecule has 1 aliphatic rings. The van der Waals surface area contributed by atoms with Crippen molar-refractivity contribution in [2.45, 2.75) is 86.0 Å². The molecule has 2 unspecified atom stereocenters. The second-order valence-electron chi connectivity index (χ2n) is 5.75. The highest BCUT2D eigenvalue weighted by atomic mass is 16.1. The molecule has 0 bridgehead atoms. The maximum atomic E-state index is 11.4. The predicted molar refractivity (Wildman–Crippen MR) is 87.5 cm³/mol. The second-order valence-corrected chi connectivity index (χ2v) is 5.75. The maximum absolute atomic E-state index is 11.4. The summed E-state index contributed by atoms with van der Waals surface area (Å²) in [5.41, 5.74) is 0. The molecule has 0 spiro atoms. The first-order valence-electron chi connectivity index (χ1n) is 8.14. The van der Waals surface area contributed by atoms with Crippen molar-refractivity contribution in [2.24, 2.45) is 11.8 Å². The minimum atomic E-state index is 0.488. The molecule has 0 amide bonds. The lowest BCUT2D eigenvalue weighted by atomic mass is 9.80. The standard InChI is InChI=1S/C12H22O.C3H8.C3H6/c1-3-5-12(13)9-11-7-4-6-10(2)8-11;2*1-3-2/h10-11H,3-9H2,1-2H3;3H2,1-2H3;3H,1H2,2H3. The molecule has 0 aromatic carbocycles. The van der Waals surface area contributed by atoms with E-state index in [2.05, 4.69) is 34.3 Å². The molecule has 1 heteroatoms. The molecule has 114 valence electrons. The van der Waals surface area contributed by atoms with Crippen LogP contribution in [0.5, 0.6) is 0 Å². The molecule has 0 N–H and O–H groups in total. The van der Waals surface area contributed by atoms with Gasteiger partial charge in [0.15, 0.2) is 0 Å². The number of hydrogen-bond donors (Lipinski definition) is 0. The average Bonchev–Trinajstić information content (AvgIpc) is 2.31. The molecule has 1 fully saturated rings. The van der Waals surface area contributed by atoms with E-state index in [1.165, 1.54) is 32.1 Å². The predicted octanol–water partition coefficient (Wildman–Crippen LogP) is 6.18. The van der Waals surface area contributed by atoms with Crippen LogP contribution in [0.1, 0.15) is 86.0 Å². The van der Waals surface area contributed by atoms with Gasteiger partial charge in [-0.1, -0.05) is 59.5 Å². The van der Waals surface area contributed by atoms with Crippen LogP contribution in [0.2, 0.25) is 0 Å². The normalized spacial score (nSPS) is 21.3. The molecule has 1 saturated carbocycles. The Kier molecular flexibility index (Phi) is 16.9. The Morgan fingerprint density at radius 2 is 1.79 bits per heavy atom. The lowest BCUT2D eigenvalue weighted by Crippen LogP contribution is -2.16. The smallest absolute Gasteiger partial charge is 0.133 e. The monoisotopic (exact) mass is 268 g/mol. The van der Waals surface area contributed by atoms with E-state index in [-0.39, 0.29) is 0 Å². The van der Waals surface area contributed by atoms with E-state index < -0.39 is 0 Å². The highest BCUT2D eigenvalue weighted by Gasteiger charge is 2.20. The van der Waals surface area contributed by atoms with Gasteiger partial charge in [-0.25, -0.2) is 0 Å². The van der Waals surface area contributed by atoms with Gasteiger partial charge in [0.05, 0.1) is 0 Å². The lowest BCUT2D eigenvalue weighted by Gasteiger charge is -2.26. The zero-order valence-corrected chi connectivity index (χ0v) is 14.0. The number of hydrogen-bond acceptors (Lipinski definition) is 1. The fourth-order valence-corrected chi connectivity index (χ4v) is 2.45. The lowest BCUT2D eigenvalue weighted by molar-refractivity contribution is -0.120. The molecule has 0 radical (unpaired) electrons. The van der Waals surface area contributed by atoms with Crippen LogP contribution >= 0.6 is 0 Å². The van der Waals surface area contributed by atoms with Crippen LogP contribution in [0.15, 0.2) is 12.7 Å². The Hall–Kier alpha value is -0.590. The van der Waals surface area contributed by atoms with Gasteiger partial charge in [0.2, 0.25) is 0 Å². The largest absolute Gasteiger partial charge is 0.300 e. The van der Waals surface area contributed by atoms with Crippen molar-refractivity contribution < 1.29 is 4.79 Å². The molecule has 1 aliphatic carbocycles. The number of allylic oxidation sites excluding steroid dienone is 1. The molecular weight excluding hydrogens is 232 g/mol. The third kappa shape index (κ3) is 15.4. The minimum Gasteiger partial charge on any atom is -0.300 e. The molecule has 1 rings (SSSR count). The first-order valence-corrected chi connectivity index (χ1v) is 8.14. The Morgan fingerprint density at radius 1 is 1.26 bits per heavy atom. The molecule has 0 aliphatic heterocycles. The third-order valence-electron chi connectivity index (χ3n) is 3.09. The van der Waals surface area contributed by atoms with E-state index in [0.29, 0.717) is 11.7 Å². The van der Waals surface area contributed by atoms with Gasteiger partial charge in [-0.05, 0) is 31.6 Å². The maximum Gasteiger partial charge on any atom is 0.133 e. The summed E-state index contributed by atoms with van der Waals surface area (Å²) in [5.74, 6) is 2.05. The Labute approximate surface area is 121 Å². The molecule has 2 atom stereocenters. The van der Waals surface area contributed by atoms with Gasteiger partial charge in [-0.2, -0.15) is 0 Å². The van der Waals surface area contributed by atoms with Crippen LogP contribution in [0.3, 0.4) is 0 Å². The van der Waals surface area contributed by atoms with E-state index in [9.17, 15) is 4.79 Å². The Morgan fingerprint density at radius 3 is 2.21 bits per heavy atom. The molecule has 1 nitrogen and oxygen atoms in total. The molecule has 0 aromatic heterocycles. The summed E-state index contributed by atoms with van der Waals surface area (Å²) >= 11 is 0. The van der Waals surface area contributed by atoms with Crippen LogP contribution in [0, 0.1) is 11.8 Å². The topological polar surface area (TPSA) is 17.1 Å². The van der Waals surface area contributed by atoms with Crippen molar-refractivity contribution in [3.8, 4) is 0 Å². The summed E-state index contributed by atoms with van der Waals surface area (Å²) in [6, 6.07) is 0. The molecule has 0 heterocycles. The Bertz CT molecular complexity index is 208. The Balaban J connectivity index is 0. The van der Waals surface area contributed by atoms with E-state index in [1.54, 1.807) is 6.08 Å². The number of ketones is 1. The number of rotatable bonds is 4. The van der Waals surface area contributed by atoms with Crippen molar-refractivity contribution in [1.29, 1.82) is 0 Å². The van der Waals surface area contributed by atoms with Gasteiger partial charge in [-0.15, -0.1) is 6.58 Å². The number of carbonyl (C=O) groups excluding carboxylic acids is 1. The van der Waals surface area contributed by atoms with E-state index in [4.69, 9.17) is 0 Å². The van der Waals surface area contributed by atoms with Crippen LogP contribution in [-0.2, 0) is 4.79 Å². The van der Waals surface area contributed by atoms with Gasteiger partial charge >= 0.3 is 0 Å². The van der Waals surface area contributed by atoms with Gasteiger partial charge in [-0.3, -0.25) is 4.79 Å². The molecule has 0 aromatic rings. The summed E-state index contributed by atoms with van der Waals surface area (Å²) in [4.78, 5) is 11.4. The van der Waals surface area contributed by atoms with Crippen molar-refractivity contribution in [3.05, 3.63) is 12.7 Å². The number of Topliss-reactive ketones (excluding diaryl/α,β-unsaturated/α-hetero) is 1. The second kappa shape index (κ2) is 15.5. The third-order valence-corrected chi connectivity index (χ3v) is 3.09. The average molecular weight is 268 g/mol. The van der Waals surface area contributed by atoms with Crippen LogP contribution in [-0.4, -0.2) is 5.78 Å². The van der Waals surface area contributed by atoms with Gasteiger partial charge in [0, 0.05) is 12.8 Å².